The van der Waals surface area contributed by atoms with Crippen LogP contribution < -0.4 is 9.22 Å². The quantitative estimate of drug-likeness (QED) is 0.679. The van der Waals surface area contributed by atoms with Gasteiger partial charge in [0.05, 0.1) is 0 Å². The fourth-order valence-corrected chi connectivity index (χ4v) is 2.20. The van der Waals surface area contributed by atoms with Crippen LogP contribution in [0.3, 0.4) is 0 Å². The molecule has 1 aromatic carbocycles. The topological polar surface area (TPSA) is 47.9 Å². The van der Waals surface area contributed by atoms with E-state index in [0.717, 1.165) is 26.8 Å². The van der Waals surface area contributed by atoms with Crippen LogP contribution in [0.4, 0.5) is 0 Å². The van der Waals surface area contributed by atoms with Crippen molar-refractivity contribution in [1.29, 1.82) is 0 Å². The molecule has 0 bridgehead atoms. The molecule has 0 aliphatic rings. The van der Waals surface area contributed by atoms with Gasteiger partial charge in [0.25, 0.3) is 0 Å². The summed E-state index contributed by atoms with van der Waals surface area (Å²) in [6.07, 6.45) is 1.53. The third-order valence-corrected chi connectivity index (χ3v) is 3.43. The summed E-state index contributed by atoms with van der Waals surface area (Å²) < 4.78 is 6.58. The molecular weight excluding hydrogens is 301 g/mol. The van der Waals surface area contributed by atoms with Crippen LogP contribution in [0.15, 0.2) is 42.7 Å². The summed E-state index contributed by atoms with van der Waals surface area (Å²) in [6, 6.07) is 11.5. The first kappa shape index (κ1) is 12.1. The predicted molar refractivity (Wildman–Crippen MR) is 74.0 cm³/mol. The Morgan fingerprint density at radius 2 is 1.89 bits per heavy atom. The molecule has 0 aliphatic heterocycles. The molecule has 0 spiro atoms. The summed E-state index contributed by atoms with van der Waals surface area (Å²) in [7, 11) is 0. The fourth-order valence-electron chi connectivity index (χ4n) is 1.75. The number of hydrogen-bond donors (Lipinski definition) is 0. The second kappa shape index (κ2) is 4.98. The first-order valence-corrected chi connectivity index (χ1v) is 6.72. The molecule has 2 heterocycles. The number of hydrogen-bond acceptors (Lipinski definition) is 4. The van der Waals surface area contributed by atoms with Gasteiger partial charge in [0, 0.05) is 0 Å². The molecule has 4 nitrogen and oxygen atoms in total. The van der Waals surface area contributed by atoms with Crippen molar-refractivity contribution >= 4 is 32.4 Å². The summed E-state index contributed by atoms with van der Waals surface area (Å²) in [6.45, 7) is 2.00. The molecule has 2 radical (unpaired) electrons. The van der Waals surface area contributed by atoms with Gasteiger partial charge in [0.1, 0.15) is 0 Å². The third-order valence-electron chi connectivity index (χ3n) is 2.75. The van der Waals surface area contributed by atoms with Crippen molar-refractivity contribution < 1.29 is 4.74 Å². The standard InChI is InChI=1S/C14H10AsN3O/c1-9-4-2-3-5-11(9)19-12-7-6-10-13(18-12)14(15)17-8-16-10/h2-8H,1H3. The molecule has 0 saturated heterocycles. The van der Waals surface area contributed by atoms with E-state index in [4.69, 9.17) is 4.74 Å². The van der Waals surface area contributed by atoms with Crippen LogP contribution in [0.1, 0.15) is 5.56 Å². The van der Waals surface area contributed by atoms with Crippen LogP contribution in [-0.2, 0) is 0 Å². The number of nitrogens with zero attached hydrogens (tertiary/aromatic N) is 3. The van der Waals surface area contributed by atoms with Crippen LogP contribution in [0, 0.1) is 6.92 Å². The second-order valence-electron chi connectivity index (χ2n) is 4.08. The molecule has 0 amide bonds. The molecule has 0 N–H and O–H groups in total. The molecule has 3 rings (SSSR count). The van der Waals surface area contributed by atoms with Gasteiger partial charge in [-0.3, -0.25) is 0 Å². The van der Waals surface area contributed by atoms with E-state index in [0.29, 0.717) is 5.88 Å². The van der Waals surface area contributed by atoms with E-state index in [1.807, 2.05) is 43.3 Å². The van der Waals surface area contributed by atoms with Crippen molar-refractivity contribution in [3.05, 3.63) is 48.3 Å². The van der Waals surface area contributed by atoms with Gasteiger partial charge >= 0.3 is 119 Å². The first-order valence-electron chi connectivity index (χ1n) is 5.78. The Morgan fingerprint density at radius 3 is 2.74 bits per heavy atom. The van der Waals surface area contributed by atoms with Gasteiger partial charge in [0.15, 0.2) is 0 Å². The molecule has 0 fully saturated rings. The average Bonchev–Trinajstić information content (AvgIpc) is 2.42. The molecule has 3 aromatic rings. The summed E-state index contributed by atoms with van der Waals surface area (Å²) in [5, 5.41) is 0. The summed E-state index contributed by atoms with van der Waals surface area (Å²) in [5.74, 6) is 1.35. The van der Waals surface area contributed by atoms with Crippen LogP contribution in [0.25, 0.3) is 11.0 Å². The van der Waals surface area contributed by atoms with E-state index in [1.165, 1.54) is 6.33 Å². The van der Waals surface area contributed by atoms with Crippen LogP contribution in [-0.4, -0.2) is 31.8 Å². The van der Waals surface area contributed by atoms with E-state index in [-0.39, 0.29) is 0 Å². The summed E-state index contributed by atoms with van der Waals surface area (Å²) in [5.41, 5.74) is 2.62. The monoisotopic (exact) mass is 311 g/mol. The predicted octanol–water partition coefficient (Wildman–Crippen LogP) is 1.92. The number of para-hydroxylation sites is 1. The number of pyridine rings is 1. The van der Waals surface area contributed by atoms with E-state index >= 15 is 0 Å². The molecule has 2 aromatic heterocycles. The van der Waals surface area contributed by atoms with Gasteiger partial charge in [-0.2, -0.15) is 0 Å². The van der Waals surface area contributed by atoms with Crippen molar-refractivity contribution in [1.82, 2.24) is 15.0 Å². The Labute approximate surface area is 119 Å². The molecule has 0 aliphatic carbocycles. The van der Waals surface area contributed by atoms with E-state index < -0.39 is 0 Å². The van der Waals surface area contributed by atoms with Crippen molar-refractivity contribution in [2.24, 2.45) is 0 Å². The van der Waals surface area contributed by atoms with Crippen molar-refractivity contribution in [2.45, 2.75) is 6.92 Å². The van der Waals surface area contributed by atoms with Crippen molar-refractivity contribution in [3.63, 3.8) is 0 Å². The Bertz CT molecular complexity index is 746. The maximum absolute atomic E-state index is 5.80. The normalized spacial score (nSPS) is 10.6. The Balaban J connectivity index is 2.02. The van der Waals surface area contributed by atoms with Crippen molar-refractivity contribution in [3.8, 4) is 11.6 Å². The van der Waals surface area contributed by atoms with Crippen LogP contribution >= 0.6 is 0 Å². The Hall–Kier alpha value is -1.93. The Morgan fingerprint density at radius 1 is 1.05 bits per heavy atom. The number of rotatable bonds is 2. The number of benzene rings is 1. The van der Waals surface area contributed by atoms with Gasteiger partial charge in [-0.15, -0.1) is 0 Å². The van der Waals surface area contributed by atoms with E-state index in [2.05, 4.69) is 31.8 Å². The molecule has 0 atom stereocenters. The zero-order chi connectivity index (χ0) is 13.2. The number of fused-ring (bicyclic) bond motifs is 1. The average molecular weight is 311 g/mol. The van der Waals surface area contributed by atoms with E-state index in [1.54, 1.807) is 0 Å². The second-order valence-corrected chi connectivity index (χ2v) is 4.97. The van der Waals surface area contributed by atoms with Gasteiger partial charge < -0.3 is 0 Å². The van der Waals surface area contributed by atoms with Gasteiger partial charge in [-0.1, -0.05) is 0 Å². The SMILES string of the molecule is Cc1ccccc1Oc1ccc2ncnc([As])c2n1. The maximum atomic E-state index is 5.80. The number of aromatic nitrogens is 3. The fraction of sp³-hybridized carbons (Fsp3) is 0.0714. The first-order chi connectivity index (χ1) is 9.24. The van der Waals surface area contributed by atoms with Gasteiger partial charge in [-0.05, 0) is 0 Å². The number of ether oxygens (including phenoxy) is 1. The molecule has 0 unspecified atom stereocenters. The van der Waals surface area contributed by atoms with E-state index in [9.17, 15) is 0 Å². The molecule has 5 heteroatoms. The van der Waals surface area contributed by atoms with Crippen LogP contribution in [0.5, 0.6) is 11.6 Å². The van der Waals surface area contributed by atoms with Crippen molar-refractivity contribution in [2.75, 3.05) is 0 Å². The summed E-state index contributed by atoms with van der Waals surface area (Å²) >= 11 is 2.39. The van der Waals surface area contributed by atoms with Crippen LogP contribution in [0.2, 0.25) is 0 Å². The zero-order valence-electron chi connectivity index (χ0n) is 10.2. The number of aryl methyl sites for hydroxylation is 1. The van der Waals surface area contributed by atoms with Gasteiger partial charge in [-0.25, -0.2) is 0 Å². The third kappa shape index (κ3) is 2.44. The zero-order valence-corrected chi connectivity index (χ0v) is 12.1. The molecule has 92 valence electrons. The molecular formula is C14H10AsN3O. The minimum atomic E-state index is 0.545. The van der Waals surface area contributed by atoms with Gasteiger partial charge in [0.2, 0.25) is 0 Å². The summed E-state index contributed by atoms with van der Waals surface area (Å²) in [4.78, 5) is 12.7. The molecule has 0 saturated carbocycles. The Kier molecular flexibility index (Phi) is 3.18. The minimum absolute atomic E-state index is 0.545. The molecule has 19 heavy (non-hydrogen) atoms.